The van der Waals surface area contributed by atoms with Crippen molar-refractivity contribution in [2.45, 2.75) is 13.5 Å². The highest BCUT2D eigenvalue weighted by molar-refractivity contribution is 5.92. The second-order valence-corrected chi connectivity index (χ2v) is 7.24. The molecule has 5 heteroatoms. The number of pyridine rings is 2. The summed E-state index contributed by atoms with van der Waals surface area (Å²) in [4.78, 5) is 13.0. The van der Waals surface area contributed by atoms with Crippen LogP contribution in [0.2, 0.25) is 0 Å². The number of aromatic nitrogens is 3. The zero-order valence-corrected chi connectivity index (χ0v) is 16.5. The van der Waals surface area contributed by atoms with Gasteiger partial charge in [-0.1, -0.05) is 54.1 Å². The second-order valence-electron chi connectivity index (χ2n) is 7.24. The normalized spacial score (nSPS) is 11.0. The predicted molar refractivity (Wildman–Crippen MR) is 119 cm³/mol. The molecule has 30 heavy (non-hydrogen) atoms. The summed E-state index contributed by atoms with van der Waals surface area (Å²) in [6.45, 7) is 2.80. The number of anilines is 1. The Bertz CT molecular complexity index is 1290. The van der Waals surface area contributed by atoms with E-state index in [-0.39, 0.29) is 0 Å². The molecule has 0 fully saturated rings. The van der Waals surface area contributed by atoms with Gasteiger partial charge in [0.15, 0.2) is 12.2 Å². The molecule has 146 valence electrons. The smallest absolute Gasteiger partial charge is 0.181 e. The molecule has 0 aliphatic carbocycles. The number of benzene rings is 2. The highest BCUT2D eigenvalue weighted by Crippen LogP contribution is 2.26. The van der Waals surface area contributed by atoms with E-state index < -0.39 is 0 Å². The highest BCUT2D eigenvalue weighted by Gasteiger charge is 2.08. The van der Waals surface area contributed by atoms with Gasteiger partial charge in [0.1, 0.15) is 11.5 Å². The van der Waals surface area contributed by atoms with E-state index in [4.69, 9.17) is 4.42 Å². The van der Waals surface area contributed by atoms with E-state index >= 15 is 0 Å². The van der Waals surface area contributed by atoms with Crippen LogP contribution in [0.5, 0.6) is 0 Å². The van der Waals surface area contributed by atoms with Gasteiger partial charge in [-0.25, -0.2) is 9.97 Å². The molecule has 3 heterocycles. The van der Waals surface area contributed by atoms with Crippen molar-refractivity contribution in [3.63, 3.8) is 0 Å². The minimum absolute atomic E-state index is 0.650. The average Bonchev–Trinajstić information content (AvgIpc) is 3.33. The Labute approximate surface area is 174 Å². The summed E-state index contributed by atoms with van der Waals surface area (Å²) in [6, 6.07) is 21.1. The van der Waals surface area contributed by atoms with Crippen LogP contribution in [0.25, 0.3) is 33.4 Å². The van der Waals surface area contributed by atoms with Crippen molar-refractivity contribution in [2.24, 2.45) is 0 Å². The van der Waals surface area contributed by atoms with Crippen molar-refractivity contribution in [3.05, 3.63) is 96.8 Å². The topological polar surface area (TPSA) is 63.8 Å². The number of aryl methyl sites for hydroxylation is 1. The van der Waals surface area contributed by atoms with Crippen LogP contribution < -0.4 is 5.32 Å². The maximum Gasteiger partial charge on any atom is 0.181 e. The molecule has 0 radical (unpaired) electrons. The van der Waals surface area contributed by atoms with Crippen LogP contribution in [0.1, 0.15) is 11.1 Å². The number of nitrogens with zero attached hydrogens (tertiary/aromatic N) is 3. The van der Waals surface area contributed by atoms with E-state index in [9.17, 15) is 0 Å². The molecule has 0 aliphatic rings. The van der Waals surface area contributed by atoms with Crippen molar-refractivity contribution < 1.29 is 4.42 Å². The summed E-state index contributed by atoms with van der Waals surface area (Å²) in [5.41, 5.74) is 5.66. The van der Waals surface area contributed by atoms with Gasteiger partial charge < -0.3 is 9.73 Å². The standard InChI is InChI=1S/C25H20N4O/c1-17-3-2-4-20(11-17)19-7-5-18(6-8-19)13-29-25-22-14-28-23(24-15-26-16-30-24)12-21(22)9-10-27-25/h2-12,14-16H,13H2,1H3,(H,27,29). The Hall–Kier alpha value is -3.99. The lowest BCUT2D eigenvalue weighted by Gasteiger charge is -2.10. The third-order valence-electron chi connectivity index (χ3n) is 5.10. The molecule has 0 amide bonds. The average molecular weight is 392 g/mol. The monoisotopic (exact) mass is 392 g/mol. The van der Waals surface area contributed by atoms with E-state index in [2.05, 4.69) is 75.7 Å². The summed E-state index contributed by atoms with van der Waals surface area (Å²) >= 11 is 0. The maximum atomic E-state index is 5.35. The van der Waals surface area contributed by atoms with E-state index in [0.717, 1.165) is 22.3 Å². The molecule has 0 bridgehead atoms. The highest BCUT2D eigenvalue weighted by atomic mass is 16.3. The van der Waals surface area contributed by atoms with E-state index in [1.807, 2.05) is 18.3 Å². The molecule has 0 spiro atoms. The predicted octanol–water partition coefficient (Wildman–Crippen LogP) is 5.87. The fraction of sp³-hybridized carbons (Fsp3) is 0.0800. The molecule has 0 atom stereocenters. The summed E-state index contributed by atoms with van der Waals surface area (Å²) < 4.78 is 5.35. The molecule has 5 rings (SSSR count). The molecule has 0 saturated carbocycles. The van der Waals surface area contributed by atoms with E-state index in [1.54, 1.807) is 12.4 Å². The molecule has 0 unspecified atom stereocenters. The summed E-state index contributed by atoms with van der Waals surface area (Å²) in [5.74, 6) is 1.46. The fourth-order valence-electron chi connectivity index (χ4n) is 3.51. The lowest BCUT2D eigenvalue weighted by Crippen LogP contribution is -2.02. The van der Waals surface area contributed by atoms with Crippen molar-refractivity contribution in [1.82, 2.24) is 15.0 Å². The van der Waals surface area contributed by atoms with Crippen LogP contribution in [0.4, 0.5) is 5.82 Å². The molecule has 1 N–H and O–H groups in total. The van der Waals surface area contributed by atoms with Gasteiger partial charge in [-0.2, -0.15) is 0 Å². The first-order valence-electron chi connectivity index (χ1n) is 9.80. The largest absolute Gasteiger partial charge is 0.442 e. The van der Waals surface area contributed by atoms with Gasteiger partial charge in [0.2, 0.25) is 0 Å². The summed E-state index contributed by atoms with van der Waals surface area (Å²) in [7, 11) is 0. The van der Waals surface area contributed by atoms with Gasteiger partial charge in [0.25, 0.3) is 0 Å². The van der Waals surface area contributed by atoms with Gasteiger partial charge in [-0.3, -0.25) is 4.98 Å². The number of hydrogen-bond acceptors (Lipinski definition) is 5. The molecule has 0 aliphatic heterocycles. The van der Waals surface area contributed by atoms with Crippen LogP contribution in [0.3, 0.4) is 0 Å². The quantitative estimate of drug-likeness (QED) is 0.405. The number of oxazole rings is 1. The molecule has 5 aromatic rings. The van der Waals surface area contributed by atoms with E-state index in [1.165, 1.54) is 28.6 Å². The first-order valence-corrected chi connectivity index (χ1v) is 9.80. The molecule has 2 aromatic carbocycles. The second kappa shape index (κ2) is 7.79. The van der Waals surface area contributed by atoms with Crippen molar-refractivity contribution >= 4 is 16.6 Å². The minimum Gasteiger partial charge on any atom is -0.442 e. The third-order valence-corrected chi connectivity index (χ3v) is 5.10. The molecular weight excluding hydrogens is 372 g/mol. The van der Waals surface area contributed by atoms with Crippen LogP contribution >= 0.6 is 0 Å². The lowest BCUT2D eigenvalue weighted by atomic mass is 10.0. The zero-order valence-electron chi connectivity index (χ0n) is 16.5. The first kappa shape index (κ1) is 18.1. The number of rotatable bonds is 5. The fourth-order valence-corrected chi connectivity index (χ4v) is 3.51. The Morgan fingerprint density at radius 3 is 2.60 bits per heavy atom. The molecule has 0 saturated heterocycles. The van der Waals surface area contributed by atoms with Gasteiger partial charge in [-0.15, -0.1) is 0 Å². The SMILES string of the molecule is Cc1cccc(-c2ccc(CNc3nccc4cc(-c5cnco5)ncc34)cc2)c1. The number of hydrogen-bond donors (Lipinski definition) is 1. The Kier molecular flexibility index (Phi) is 4.69. The van der Waals surface area contributed by atoms with Crippen molar-refractivity contribution in [2.75, 3.05) is 5.32 Å². The van der Waals surface area contributed by atoms with Gasteiger partial charge in [0.05, 0.1) is 6.20 Å². The molecular formula is C25H20N4O. The summed E-state index contributed by atoms with van der Waals surface area (Å²) in [6.07, 6.45) is 6.69. The Morgan fingerprint density at radius 1 is 0.900 bits per heavy atom. The van der Waals surface area contributed by atoms with Crippen molar-refractivity contribution in [1.29, 1.82) is 0 Å². The summed E-state index contributed by atoms with van der Waals surface area (Å²) in [5, 5.41) is 5.45. The van der Waals surface area contributed by atoms with E-state index in [0.29, 0.717) is 12.3 Å². The van der Waals surface area contributed by atoms with Gasteiger partial charge in [0, 0.05) is 24.3 Å². The van der Waals surface area contributed by atoms with Crippen molar-refractivity contribution in [3.8, 4) is 22.6 Å². The van der Waals surface area contributed by atoms with Crippen LogP contribution in [-0.4, -0.2) is 15.0 Å². The van der Waals surface area contributed by atoms with Crippen LogP contribution in [0, 0.1) is 6.92 Å². The Balaban J connectivity index is 1.35. The first-order chi connectivity index (χ1) is 14.8. The maximum absolute atomic E-state index is 5.35. The third kappa shape index (κ3) is 3.65. The van der Waals surface area contributed by atoms with Crippen LogP contribution in [0.15, 0.2) is 90.1 Å². The lowest BCUT2D eigenvalue weighted by molar-refractivity contribution is 0.570. The zero-order chi connectivity index (χ0) is 20.3. The van der Waals surface area contributed by atoms with Gasteiger partial charge >= 0.3 is 0 Å². The molecule has 5 nitrogen and oxygen atoms in total. The molecule has 3 aromatic heterocycles. The number of fused-ring (bicyclic) bond motifs is 1. The van der Waals surface area contributed by atoms with Crippen LogP contribution in [-0.2, 0) is 6.54 Å². The minimum atomic E-state index is 0.650. The number of nitrogens with one attached hydrogen (secondary N) is 1. The Morgan fingerprint density at radius 2 is 1.80 bits per heavy atom. The van der Waals surface area contributed by atoms with Gasteiger partial charge in [-0.05, 0) is 41.1 Å².